The first kappa shape index (κ1) is 21.5. The molecule has 0 saturated carbocycles. The number of carbonyl (C=O) groups is 1. The molecule has 32 heavy (non-hydrogen) atoms. The highest BCUT2D eigenvalue weighted by molar-refractivity contribution is 5.99. The highest BCUT2D eigenvalue weighted by Gasteiger charge is 2.31. The average molecular weight is 439 g/mol. The number of anilines is 2. The molecule has 0 aliphatic carbocycles. The third kappa shape index (κ3) is 4.46. The molecule has 1 aliphatic heterocycles. The van der Waals surface area contributed by atoms with Crippen molar-refractivity contribution in [3.63, 3.8) is 0 Å². The van der Waals surface area contributed by atoms with Crippen molar-refractivity contribution in [3.05, 3.63) is 71.1 Å². The summed E-state index contributed by atoms with van der Waals surface area (Å²) in [7, 11) is 0. The molecule has 1 amide bonds. The Kier molecular flexibility index (Phi) is 5.41. The van der Waals surface area contributed by atoms with Crippen LogP contribution in [-0.2, 0) is 11.0 Å². The normalized spacial score (nSPS) is 17.0. The number of benzene rings is 2. The van der Waals surface area contributed by atoms with Crippen LogP contribution in [0.2, 0.25) is 0 Å². The van der Waals surface area contributed by atoms with Crippen LogP contribution in [0, 0.1) is 6.92 Å². The fourth-order valence-corrected chi connectivity index (χ4v) is 3.59. The SMILES string of the molecule is Cc1nc(N[C@H](C)c2cc(N)cc(C(F)(F)F)c2)c2cc(C3C=CC(=O)N=C3)ccc2n1. The highest BCUT2D eigenvalue weighted by atomic mass is 19.4. The Morgan fingerprint density at radius 2 is 1.91 bits per heavy atom. The average Bonchev–Trinajstić information content (AvgIpc) is 2.73. The second kappa shape index (κ2) is 8.07. The number of halogens is 3. The quantitative estimate of drug-likeness (QED) is 0.561. The van der Waals surface area contributed by atoms with Crippen LogP contribution in [0.3, 0.4) is 0 Å². The van der Waals surface area contributed by atoms with E-state index in [1.165, 1.54) is 12.1 Å². The molecule has 9 heteroatoms. The lowest BCUT2D eigenvalue weighted by Gasteiger charge is -2.19. The number of nitrogens with zero attached hydrogens (tertiary/aromatic N) is 3. The van der Waals surface area contributed by atoms with Crippen molar-refractivity contribution < 1.29 is 18.0 Å². The molecule has 1 unspecified atom stereocenters. The molecule has 2 aromatic carbocycles. The number of aliphatic imine (C=N–C) groups is 1. The number of nitrogens with two attached hydrogens (primary N) is 1. The number of fused-ring (bicyclic) bond motifs is 1. The molecule has 2 heterocycles. The van der Waals surface area contributed by atoms with Gasteiger partial charge in [0.05, 0.1) is 17.1 Å². The summed E-state index contributed by atoms with van der Waals surface area (Å²) in [6, 6.07) is 8.62. The van der Waals surface area contributed by atoms with E-state index in [1.54, 1.807) is 26.1 Å². The van der Waals surface area contributed by atoms with Crippen molar-refractivity contribution in [3.8, 4) is 0 Å². The van der Waals surface area contributed by atoms with Crippen LogP contribution in [0.1, 0.15) is 41.4 Å². The number of carbonyl (C=O) groups excluding carboxylic acids is 1. The van der Waals surface area contributed by atoms with Gasteiger partial charge in [0.1, 0.15) is 11.6 Å². The van der Waals surface area contributed by atoms with Crippen molar-refractivity contribution in [2.24, 2.45) is 4.99 Å². The Balaban J connectivity index is 1.72. The summed E-state index contributed by atoms with van der Waals surface area (Å²) in [4.78, 5) is 24.1. The van der Waals surface area contributed by atoms with Gasteiger partial charge in [0.15, 0.2) is 0 Å². The molecule has 6 nitrogen and oxygen atoms in total. The van der Waals surface area contributed by atoms with E-state index in [1.807, 2.05) is 18.2 Å². The summed E-state index contributed by atoms with van der Waals surface area (Å²) < 4.78 is 39.6. The van der Waals surface area contributed by atoms with Crippen molar-refractivity contribution in [1.29, 1.82) is 0 Å². The summed E-state index contributed by atoms with van der Waals surface area (Å²) >= 11 is 0. The summed E-state index contributed by atoms with van der Waals surface area (Å²) in [5, 5.41) is 3.91. The second-order valence-electron chi connectivity index (χ2n) is 7.65. The molecule has 0 radical (unpaired) electrons. The minimum Gasteiger partial charge on any atom is -0.399 e. The third-order valence-corrected chi connectivity index (χ3v) is 5.18. The predicted octanol–water partition coefficient (Wildman–Crippen LogP) is 4.96. The van der Waals surface area contributed by atoms with E-state index in [0.29, 0.717) is 28.1 Å². The summed E-state index contributed by atoms with van der Waals surface area (Å²) in [6.45, 7) is 3.48. The van der Waals surface area contributed by atoms with Gasteiger partial charge in [0, 0.05) is 29.3 Å². The molecule has 3 N–H and O–H groups in total. The van der Waals surface area contributed by atoms with E-state index in [-0.39, 0.29) is 17.5 Å². The van der Waals surface area contributed by atoms with Gasteiger partial charge < -0.3 is 11.1 Å². The van der Waals surface area contributed by atoms with Gasteiger partial charge in [0.25, 0.3) is 5.91 Å². The minimum absolute atomic E-state index is 0.0346. The monoisotopic (exact) mass is 439 g/mol. The van der Waals surface area contributed by atoms with Gasteiger partial charge in [-0.2, -0.15) is 13.2 Å². The fraction of sp³-hybridized carbons (Fsp3) is 0.217. The van der Waals surface area contributed by atoms with Crippen LogP contribution in [0.5, 0.6) is 0 Å². The van der Waals surface area contributed by atoms with Gasteiger partial charge in [-0.05, 0) is 55.3 Å². The molecule has 4 rings (SSSR count). The van der Waals surface area contributed by atoms with Gasteiger partial charge in [-0.25, -0.2) is 15.0 Å². The number of rotatable bonds is 4. The Morgan fingerprint density at radius 1 is 1.12 bits per heavy atom. The number of allylic oxidation sites excluding steroid dienone is 1. The van der Waals surface area contributed by atoms with E-state index < -0.39 is 17.8 Å². The third-order valence-electron chi connectivity index (χ3n) is 5.18. The van der Waals surface area contributed by atoms with Crippen LogP contribution in [0.25, 0.3) is 10.9 Å². The van der Waals surface area contributed by atoms with Gasteiger partial charge >= 0.3 is 6.18 Å². The molecule has 1 aliphatic rings. The van der Waals surface area contributed by atoms with E-state index >= 15 is 0 Å². The Bertz CT molecular complexity index is 1250. The van der Waals surface area contributed by atoms with Crippen molar-refractivity contribution in [1.82, 2.24) is 9.97 Å². The first-order chi connectivity index (χ1) is 15.1. The van der Waals surface area contributed by atoms with Gasteiger partial charge in [-0.3, -0.25) is 4.79 Å². The number of nitrogen functional groups attached to an aromatic ring is 1. The molecule has 2 atom stereocenters. The van der Waals surface area contributed by atoms with Crippen molar-refractivity contribution >= 4 is 34.5 Å². The van der Waals surface area contributed by atoms with Crippen LogP contribution in [0.15, 0.2) is 53.5 Å². The minimum atomic E-state index is -4.49. The molecule has 3 aromatic rings. The molecular formula is C23H20F3N5O. The Labute approximate surface area is 182 Å². The zero-order chi connectivity index (χ0) is 23.0. The van der Waals surface area contributed by atoms with E-state index in [0.717, 1.165) is 17.7 Å². The number of alkyl halides is 3. The maximum atomic E-state index is 13.2. The number of aryl methyl sites for hydroxylation is 1. The number of amides is 1. The van der Waals surface area contributed by atoms with Crippen LogP contribution >= 0.6 is 0 Å². The van der Waals surface area contributed by atoms with E-state index in [9.17, 15) is 18.0 Å². The first-order valence-electron chi connectivity index (χ1n) is 9.89. The standard InChI is InChI=1S/C23H20F3N5O/c1-12(16-7-17(23(24,25)26)10-18(27)8-16)29-22-19-9-14(15-4-6-21(32)28-11-15)3-5-20(19)30-13(2)31-22/h3-12,15H,27H2,1-2H3,(H,29,30,31)/t12-,15?/m1/s1. The van der Waals surface area contributed by atoms with E-state index in [2.05, 4.69) is 20.3 Å². The lowest BCUT2D eigenvalue weighted by atomic mass is 9.96. The first-order valence-corrected chi connectivity index (χ1v) is 9.89. The maximum Gasteiger partial charge on any atom is 0.416 e. The van der Waals surface area contributed by atoms with Crippen molar-refractivity contribution in [2.75, 3.05) is 11.1 Å². The molecule has 0 bridgehead atoms. The number of aromatic nitrogens is 2. The Morgan fingerprint density at radius 3 is 2.59 bits per heavy atom. The predicted molar refractivity (Wildman–Crippen MR) is 118 cm³/mol. The lowest BCUT2D eigenvalue weighted by Crippen LogP contribution is -2.13. The number of hydrogen-bond donors (Lipinski definition) is 2. The van der Waals surface area contributed by atoms with Gasteiger partial charge in [-0.15, -0.1) is 0 Å². The zero-order valence-electron chi connectivity index (χ0n) is 17.3. The van der Waals surface area contributed by atoms with Gasteiger partial charge in [0.2, 0.25) is 0 Å². The van der Waals surface area contributed by atoms with Crippen LogP contribution < -0.4 is 11.1 Å². The van der Waals surface area contributed by atoms with E-state index in [4.69, 9.17) is 5.73 Å². The smallest absolute Gasteiger partial charge is 0.399 e. The second-order valence-corrected chi connectivity index (χ2v) is 7.65. The fourth-order valence-electron chi connectivity index (χ4n) is 3.59. The van der Waals surface area contributed by atoms with Gasteiger partial charge in [-0.1, -0.05) is 12.1 Å². The topological polar surface area (TPSA) is 93.3 Å². The van der Waals surface area contributed by atoms with Crippen molar-refractivity contribution in [2.45, 2.75) is 32.0 Å². The lowest BCUT2D eigenvalue weighted by molar-refractivity contribution is -0.137. The van der Waals surface area contributed by atoms with Crippen LogP contribution in [-0.4, -0.2) is 22.1 Å². The molecule has 0 spiro atoms. The highest BCUT2D eigenvalue weighted by Crippen LogP contribution is 2.34. The molecule has 164 valence electrons. The molecule has 0 saturated heterocycles. The number of nitrogens with one attached hydrogen (secondary N) is 1. The molecule has 1 aromatic heterocycles. The number of dihydropyridines is 1. The summed E-state index contributed by atoms with van der Waals surface area (Å²) in [6.07, 6.45) is 0.250. The summed E-state index contributed by atoms with van der Waals surface area (Å²) in [5.74, 6) is 0.531. The molecule has 0 fully saturated rings. The Hall–Kier alpha value is -3.75. The zero-order valence-corrected chi connectivity index (χ0v) is 17.3. The number of hydrogen-bond acceptors (Lipinski definition) is 5. The van der Waals surface area contributed by atoms with Crippen LogP contribution in [0.4, 0.5) is 24.7 Å². The molecular weight excluding hydrogens is 419 g/mol. The summed E-state index contributed by atoms with van der Waals surface area (Å²) in [5.41, 5.74) is 6.91. The largest absolute Gasteiger partial charge is 0.416 e. The maximum absolute atomic E-state index is 13.2.